The van der Waals surface area contributed by atoms with E-state index in [1.54, 1.807) is 23.1 Å². The summed E-state index contributed by atoms with van der Waals surface area (Å²) in [5.74, 6) is -0.348. The predicted octanol–water partition coefficient (Wildman–Crippen LogP) is 5.03. The summed E-state index contributed by atoms with van der Waals surface area (Å²) in [5.41, 5.74) is -0.117. The molecule has 2 aromatic carbocycles. The number of benzene rings is 2. The lowest BCUT2D eigenvalue weighted by atomic mass is 10.2. The highest BCUT2D eigenvalue weighted by molar-refractivity contribution is 7.80. The molecule has 1 saturated heterocycles. The van der Waals surface area contributed by atoms with Gasteiger partial charge in [0, 0.05) is 44.0 Å². The minimum atomic E-state index is -4.54. The standard InChI is InChI=1S/C21H22ClF4N3OS/c22-18-13-16(5-6-17(18)21(24,25)26)27-20(31)29(8-7-28-9-11-30-12-10-28)14-15-3-1-2-4-19(15)23/h1-6,13H,7-12,14H2,(H,27,31). The summed E-state index contributed by atoms with van der Waals surface area (Å²) < 4.78 is 58.4. The number of nitrogens with one attached hydrogen (secondary N) is 1. The van der Waals surface area contributed by atoms with E-state index in [-0.39, 0.29) is 17.5 Å². The van der Waals surface area contributed by atoms with Crippen LogP contribution in [0.15, 0.2) is 42.5 Å². The topological polar surface area (TPSA) is 27.7 Å². The summed E-state index contributed by atoms with van der Waals surface area (Å²) >= 11 is 11.3. The van der Waals surface area contributed by atoms with Crippen molar-refractivity contribution >= 4 is 34.6 Å². The largest absolute Gasteiger partial charge is 0.417 e. The van der Waals surface area contributed by atoms with Crippen LogP contribution < -0.4 is 5.32 Å². The third kappa shape index (κ3) is 6.77. The highest BCUT2D eigenvalue weighted by Crippen LogP contribution is 2.35. The van der Waals surface area contributed by atoms with Crippen LogP contribution >= 0.6 is 23.8 Å². The number of nitrogens with zero attached hydrogens (tertiary/aromatic N) is 2. The summed E-state index contributed by atoms with van der Waals surface area (Å²) in [4.78, 5) is 4.00. The first-order valence-corrected chi connectivity index (χ1v) is 10.5. The van der Waals surface area contributed by atoms with Crippen LogP contribution in [0.25, 0.3) is 0 Å². The van der Waals surface area contributed by atoms with Crippen molar-refractivity contribution in [2.24, 2.45) is 0 Å². The zero-order chi connectivity index (χ0) is 22.4. The second kappa shape index (κ2) is 10.6. The molecule has 10 heteroatoms. The molecule has 0 saturated carbocycles. The van der Waals surface area contributed by atoms with E-state index >= 15 is 0 Å². The van der Waals surface area contributed by atoms with Crippen molar-refractivity contribution in [3.63, 3.8) is 0 Å². The molecule has 1 fully saturated rings. The van der Waals surface area contributed by atoms with Gasteiger partial charge < -0.3 is 15.0 Å². The lowest BCUT2D eigenvalue weighted by molar-refractivity contribution is -0.137. The molecule has 3 rings (SSSR count). The molecule has 1 heterocycles. The summed E-state index contributed by atoms with van der Waals surface area (Å²) in [6, 6.07) is 9.75. The Kier molecular flexibility index (Phi) is 8.10. The first-order chi connectivity index (χ1) is 14.7. The number of anilines is 1. The number of ether oxygens (including phenoxy) is 1. The van der Waals surface area contributed by atoms with E-state index in [1.165, 1.54) is 18.2 Å². The molecular formula is C21H22ClF4N3OS. The minimum absolute atomic E-state index is 0.219. The molecule has 0 unspecified atom stereocenters. The van der Waals surface area contributed by atoms with Crippen LogP contribution in [-0.2, 0) is 17.5 Å². The van der Waals surface area contributed by atoms with E-state index in [1.807, 2.05) is 0 Å². The molecule has 0 aromatic heterocycles. The van der Waals surface area contributed by atoms with Gasteiger partial charge in [-0.25, -0.2) is 4.39 Å². The van der Waals surface area contributed by atoms with Gasteiger partial charge in [-0.15, -0.1) is 0 Å². The molecule has 0 bridgehead atoms. The van der Waals surface area contributed by atoms with Gasteiger partial charge in [0.15, 0.2) is 5.11 Å². The Labute approximate surface area is 188 Å². The van der Waals surface area contributed by atoms with Crippen LogP contribution in [0.5, 0.6) is 0 Å². The number of rotatable bonds is 6. The van der Waals surface area contributed by atoms with Crippen LogP contribution in [0.1, 0.15) is 11.1 Å². The van der Waals surface area contributed by atoms with Gasteiger partial charge >= 0.3 is 6.18 Å². The molecule has 0 spiro atoms. The Morgan fingerprint density at radius 1 is 1.16 bits per heavy atom. The first kappa shape index (κ1) is 23.7. The Hall–Kier alpha value is -1.94. The van der Waals surface area contributed by atoms with E-state index < -0.39 is 16.8 Å². The lowest BCUT2D eigenvalue weighted by Crippen LogP contribution is -2.44. The Morgan fingerprint density at radius 3 is 2.52 bits per heavy atom. The maximum atomic E-state index is 14.2. The maximum Gasteiger partial charge on any atom is 0.417 e. The minimum Gasteiger partial charge on any atom is -0.379 e. The zero-order valence-corrected chi connectivity index (χ0v) is 18.2. The fraction of sp³-hybridized carbons (Fsp3) is 0.381. The maximum absolute atomic E-state index is 14.2. The zero-order valence-electron chi connectivity index (χ0n) is 16.6. The first-order valence-electron chi connectivity index (χ1n) is 9.70. The van der Waals surface area contributed by atoms with Crippen LogP contribution in [0.3, 0.4) is 0 Å². The van der Waals surface area contributed by atoms with Gasteiger partial charge in [-0.3, -0.25) is 4.90 Å². The van der Waals surface area contributed by atoms with Gasteiger partial charge in [0.05, 0.1) is 23.8 Å². The van der Waals surface area contributed by atoms with E-state index in [4.69, 9.17) is 28.6 Å². The molecular weight excluding hydrogens is 454 g/mol. The predicted molar refractivity (Wildman–Crippen MR) is 117 cm³/mol. The smallest absolute Gasteiger partial charge is 0.379 e. The number of hydrogen-bond donors (Lipinski definition) is 1. The molecule has 1 N–H and O–H groups in total. The fourth-order valence-electron chi connectivity index (χ4n) is 3.20. The van der Waals surface area contributed by atoms with Crippen molar-refractivity contribution < 1.29 is 22.3 Å². The summed E-state index contributed by atoms with van der Waals surface area (Å²) in [6.07, 6.45) is -4.54. The van der Waals surface area contributed by atoms with Crippen molar-refractivity contribution in [3.8, 4) is 0 Å². The van der Waals surface area contributed by atoms with Crippen molar-refractivity contribution in [2.75, 3.05) is 44.7 Å². The summed E-state index contributed by atoms with van der Waals surface area (Å²) in [7, 11) is 0. The van der Waals surface area contributed by atoms with Gasteiger partial charge in [0.2, 0.25) is 0 Å². The highest BCUT2D eigenvalue weighted by atomic mass is 35.5. The van der Waals surface area contributed by atoms with E-state index in [2.05, 4.69) is 10.2 Å². The normalized spacial score (nSPS) is 15.0. The van der Waals surface area contributed by atoms with Gasteiger partial charge in [0.25, 0.3) is 0 Å². The molecule has 1 aliphatic rings. The van der Waals surface area contributed by atoms with Crippen LogP contribution in [0.2, 0.25) is 5.02 Å². The third-order valence-corrected chi connectivity index (χ3v) is 5.59. The number of hydrogen-bond acceptors (Lipinski definition) is 3. The number of halogens is 5. The quantitative estimate of drug-likeness (QED) is 0.467. The molecule has 0 aliphatic carbocycles. The number of morpholine rings is 1. The SMILES string of the molecule is Fc1ccccc1CN(CCN1CCOCC1)C(=S)Nc1ccc(C(F)(F)F)c(Cl)c1. The molecule has 4 nitrogen and oxygen atoms in total. The second-order valence-electron chi connectivity index (χ2n) is 7.09. The fourth-order valence-corrected chi connectivity index (χ4v) is 3.76. The average molecular weight is 476 g/mol. The summed E-state index contributed by atoms with van der Waals surface area (Å²) in [5, 5.41) is 2.78. The van der Waals surface area contributed by atoms with E-state index in [0.717, 1.165) is 19.2 Å². The van der Waals surface area contributed by atoms with Crippen LogP contribution in [0.4, 0.5) is 23.2 Å². The Morgan fingerprint density at radius 2 is 1.87 bits per heavy atom. The Balaban J connectivity index is 1.73. The average Bonchev–Trinajstić information content (AvgIpc) is 2.72. The summed E-state index contributed by atoms with van der Waals surface area (Å²) in [6.45, 7) is 4.31. The lowest BCUT2D eigenvalue weighted by Gasteiger charge is -2.31. The Bertz CT molecular complexity index is 906. The van der Waals surface area contributed by atoms with Crippen molar-refractivity contribution in [3.05, 3.63) is 64.4 Å². The third-order valence-electron chi connectivity index (χ3n) is 4.92. The van der Waals surface area contributed by atoms with Gasteiger partial charge in [-0.05, 0) is 36.5 Å². The molecule has 168 valence electrons. The molecule has 0 atom stereocenters. The molecule has 31 heavy (non-hydrogen) atoms. The number of alkyl halides is 3. The highest BCUT2D eigenvalue weighted by Gasteiger charge is 2.33. The van der Waals surface area contributed by atoms with Gasteiger partial charge in [0.1, 0.15) is 5.82 Å². The van der Waals surface area contributed by atoms with Crippen LogP contribution in [0, 0.1) is 5.82 Å². The van der Waals surface area contributed by atoms with Crippen LogP contribution in [-0.4, -0.2) is 54.3 Å². The molecule has 0 amide bonds. The van der Waals surface area contributed by atoms with Crippen molar-refractivity contribution in [1.82, 2.24) is 9.80 Å². The monoisotopic (exact) mass is 475 g/mol. The van der Waals surface area contributed by atoms with Gasteiger partial charge in [-0.2, -0.15) is 13.2 Å². The van der Waals surface area contributed by atoms with Crippen molar-refractivity contribution in [2.45, 2.75) is 12.7 Å². The second-order valence-corrected chi connectivity index (χ2v) is 7.88. The van der Waals surface area contributed by atoms with E-state index in [9.17, 15) is 17.6 Å². The number of thiocarbonyl (C=S) groups is 1. The molecule has 1 aliphatic heterocycles. The van der Waals surface area contributed by atoms with Gasteiger partial charge in [-0.1, -0.05) is 29.8 Å². The molecule has 2 aromatic rings. The van der Waals surface area contributed by atoms with Crippen molar-refractivity contribution in [1.29, 1.82) is 0 Å². The van der Waals surface area contributed by atoms with E-state index in [0.29, 0.717) is 37.6 Å². The molecule has 0 radical (unpaired) electrons.